The van der Waals surface area contributed by atoms with E-state index >= 15 is 0 Å². The number of nitrogens with zero attached hydrogens (tertiary/aromatic N) is 4. The van der Waals surface area contributed by atoms with Crippen molar-refractivity contribution in [3.05, 3.63) is 10.9 Å². The highest BCUT2D eigenvalue weighted by Crippen LogP contribution is 2.32. The van der Waals surface area contributed by atoms with Gasteiger partial charge in [-0.05, 0) is 13.0 Å². The molecule has 2 fully saturated rings. The molecule has 110 valence electrons. The number of urea groups is 1. The fraction of sp³-hybridized carbons (Fsp3) is 0.462. The Hall–Kier alpha value is -2.09. The van der Waals surface area contributed by atoms with Crippen molar-refractivity contribution in [1.82, 2.24) is 20.2 Å². The minimum absolute atomic E-state index is 0.0402. The molecule has 7 nitrogen and oxygen atoms in total. The summed E-state index contributed by atoms with van der Waals surface area (Å²) in [7, 11) is 0. The van der Waals surface area contributed by atoms with E-state index in [-0.39, 0.29) is 12.1 Å². The van der Waals surface area contributed by atoms with Gasteiger partial charge >= 0.3 is 6.03 Å². The van der Waals surface area contributed by atoms with Gasteiger partial charge < -0.3 is 20.9 Å². The van der Waals surface area contributed by atoms with Crippen LogP contribution < -0.4 is 16.0 Å². The number of nitrogen functional groups attached to an aromatic ring is 1. The smallest absolute Gasteiger partial charge is 0.317 e. The van der Waals surface area contributed by atoms with Crippen LogP contribution in [0.5, 0.6) is 0 Å². The van der Waals surface area contributed by atoms with Crippen LogP contribution in [-0.2, 0) is 0 Å². The van der Waals surface area contributed by atoms with Crippen molar-refractivity contribution in [1.29, 1.82) is 0 Å². The monoisotopic (exact) mass is 304 g/mol. The maximum atomic E-state index is 11.7. The highest BCUT2D eigenvalue weighted by atomic mass is 32.1. The normalized spacial score (nSPS) is 21.8. The highest BCUT2D eigenvalue weighted by molar-refractivity contribution is 7.18. The standard InChI is InChI=1S/C13H16N6OS/c1-7-4-9-10(16-12(14)17-11(9)21-7)18-2-3-19-8(6-18)5-15-13(19)20/h4,8H,2-3,5-6H2,1H3,(H,15,20)(H2,14,16,17). The maximum Gasteiger partial charge on any atom is 0.317 e. The molecule has 0 aromatic carbocycles. The summed E-state index contributed by atoms with van der Waals surface area (Å²) < 4.78 is 0. The summed E-state index contributed by atoms with van der Waals surface area (Å²) in [5.41, 5.74) is 5.85. The Morgan fingerprint density at radius 3 is 3.14 bits per heavy atom. The van der Waals surface area contributed by atoms with Gasteiger partial charge in [-0.3, -0.25) is 0 Å². The van der Waals surface area contributed by atoms with Crippen LogP contribution in [0, 0.1) is 6.92 Å². The molecular formula is C13H16N6OS. The average molecular weight is 304 g/mol. The highest BCUT2D eigenvalue weighted by Gasteiger charge is 2.36. The molecule has 2 aromatic rings. The fourth-order valence-corrected chi connectivity index (χ4v) is 3.96. The van der Waals surface area contributed by atoms with Crippen molar-refractivity contribution in [2.75, 3.05) is 36.8 Å². The zero-order chi connectivity index (χ0) is 14.6. The third-order valence-electron chi connectivity index (χ3n) is 4.05. The third kappa shape index (κ3) is 1.98. The van der Waals surface area contributed by atoms with Crippen LogP contribution >= 0.6 is 11.3 Å². The van der Waals surface area contributed by atoms with E-state index < -0.39 is 0 Å². The van der Waals surface area contributed by atoms with Crippen LogP contribution in [0.15, 0.2) is 6.07 Å². The molecular weight excluding hydrogens is 288 g/mol. The summed E-state index contributed by atoms with van der Waals surface area (Å²) in [6.07, 6.45) is 0. The maximum absolute atomic E-state index is 11.7. The lowest BCUT2D eigenvalue weighted by Gasteiger charge is -2.37. The Bertz CT molecular complexity index is 729. The van der Waals surface area contributed by atoms with Gasteiger partial charge in [0.25, 0.3) is 0 Å². The second kappa shape index (κ2) is 4.45. The molecule has 3 N–H and O–H groups in total. The molecule has 8 heteroatoms. The number of hydrogen-bond donors (Lipinski definition) is 2. The summed E-state index contributed by atoms with van der Waals surface area (Å²) in [5.74, 6) is 1.20. The Labute approximate surface area is 125 Å². The van der Waals surface area contributed by atoms with Crippen molar-refractivity contribution in [3.63, 3.8) is 0 Å². The quantitative estimate of drug-likeness (QED) is 0.813. The van der Waals surface area contributed by atoms with E-state index in [2.05, 4.69) is 33.2 Å². The third-order valence-corrected chi connectivity index (χ3v) is 4.99. The van der Waals surface area contributed by atoms with Gasteiger partial charge in [-0.15, -0.1) is 11.3 Å². The first kappa shape index (κ1) is 12.6. The van der Waals surface area contributed by atoms with E-state index in [1.807, 2.05) is 4.90 Å². The first-order valence-electron chi connectivity index (χ1n) is 6.95. The number of aryl methyl sites for hydroxylation is 1. The number of nitrogens with two attached hydrogens (primary N) is 1. The number of aromatic nitrogens is 2. The molecule has 0 bridgehead atoms. The number of thiophene rings is 1. The number of amides is 2. The average Bonchev–Trinajstić information content (AvgIpc) is 3.00. The van der Waals surface area contributed by atoms with Gasteiger partial charge in [0.15, 0.2) is 0 Å². The number of hydrogen-bond acceptors (Lipinski definition) is 6. The minimum Gasteiger partial charge on any atom is -0.368 e. The number of anilines is 2. The van der Waals surface area contributed by atoms with Gasteiger partial charge in [0.2, 0.25) is 5.95 Å². The molecule has 21 heavy (non-hydrogen) atoms. The molecule has 0 saturated carbocycles. The van der Waals surface area contributed by atoms with Crippen LogP contribution in [-0.4, -0.2) is 53.1 Å². The lowest BCUT2D eigenvalue weighted by atomic mass is 10.2. The largest absolute Gasteiger partial charge is 0.368 e. The van der Waals surface area contributed by atoms with Crippen LogP contribution in [0.4, 0.5) is 16.6 Å². The number of carbonyl (C=O) groups is 1. The Morgan fingerprint density at radius 1 is 1.43 bits per heavy atom. The zero-order valence-corrected chi connectivity index (χ0v) is 12.5. The molecule has 2 saturated heterocycles. The summed E-state index contributed by atoms with van der Waals surface area (Å²) in [4.78, 5) is 26.7. The van der Waals surface area contributed by atoms with E-state index in [0.717, 1.165) is 29.1 Å². The number of nitrogens with one attached hydrogen (secondary N) is 1. The number of rotatable bonds is 1. The molecule has 1 unspecified atom stereocenters. The summed E-state index contributed by atoms with van der Waals surface area (Å²) in [6, 6.07) is 2.36. The van der Waals surface area contributed by atoms with E-state index in [9.17, 15) is 4.79 Å². The van der Waals surface area contributed by atoms with E-state index in [0.29, 0.717) is 19.0 Å². The van der Waals surface area contributed by atoms with Crippen LogP contribution in [0.1, 0.15) is 4.88 Å². The van der Waals surface area contributed by atoms with Crippen molar-refractivity contribution in [2.24, 2.45) is 0 Å². The van der Waals surface area contributed by atoms with Crippen molar-refractivity contribution < 1.29 is 4.79 Å². The van der Waals surface area contributed by atoms with Crippen LogP contribution in [0.2, 0.25) is 0 Å². The topological polar surface area (TPSA) is 87.4 Å². The molecule has 2 aromatic heterocycles. The molecule has 2 amide bonds. The Morgan fingerprint density at radius 2 is 2.29 bits per heavy atom. The van der Waals surface area contributed by atoms with E-state index in [4.69, 9.17) is 5.73 Å². The van der Waals surface area contributed by atoms with Crippen LogP contribution in [0.25, 0.3) is 10.2 Å². The van der Waals surface area contributed by atoms with E-state index in [1.54, 1.807) is 11.3 Å². The van der Waals surface area contributed by atoms with Gasteiger partial charge in [0.05, 0.1) is 11.4 Å². The number of fused-ring (bicyclic) bond motifs is 2. The van der Waals surface area contributed by atoms with Gasteiger partial charge in [0, 0.05) is 31.1 Å². The molecule has 2 aliphatic rings. The lowest BCUT2D eigenvalue weighted by molar-refractivity contribution is 0.197. The Kier molecular flexibility index (Phi) is 2.68. The van der Waals surface area contributed by atoms with Crippen molar-refractivity contribution in [3.8, 4) is 0 Å². The SMILES string of the molecule is Cc1cc2c(N3CCN4C(=O)NCC4C3)nc(N)nc2s1. The van der Waals surface area contributed by atoms with Crippen molar-refractivity contribution in [2.45, 2.75) is 13.0 Å². The number of piperazine rings is 1. The minimum atomic E-state index is 0.0402. The van der Waals surface area contributed by atoms with E-state index in [1.165, 1.54) is 4.88 Å². The summed E-state index contributed by atoms with van der Waals surface area (Å²) >= 11 is 1.63. The number of carbonyl (C=O) groups excluding carboxylic acids is 1. The molecule has 2 aliphatic heterocycles. The predicted octanol–water partition coefficient (Wildman–Crippen LogP) is 0.796. The van der Waals surface area contributed by atoms with Crippen molar-refractivity contribution >= 4 is 39.4 Å². The van der Waals surface area contributed by atoms with Crippen LogP contribution in [0.3, 0.4) is 0 Å². The molecule has 0 spiro atoms. The van der Waals surface area contributed by atoms with Gasteiger partial charge in [-0.2, -0.15) is 4.98 Å². The first-order valence-corrected chi connectivity index (χ1v) is 7.76. The molecule has 4 heterocycles. The first-order chi connectivity index (χ1) is 10.1. The second-order valence-corrected chi connectivity index (χ2v) is 6.70. The summed E-state index contributed by atoms with van der Waals surface area (Å²) in [6.45, 7) is 5.01. The van der Waals surface area contributed by atoms with Gasteiger partial charge in [-0.25, -0.2) is 9.78 Å². The van der Waals surface area contributed by atoms with Gasteiger partial charge in [-0.1, -0.05) is 0 Å². The Balaban J connectivity index is 1.72. The fourth-order valence-electron chi connectivity index (χ4n) is 3.08. The second-order valence-electron chi connectivity index (χ2n) is 5.46. The molecule has 0 aliphatic carbocycles. The molecule has 1 atom stereocenters. The lowest BCUT2D eigenvalue weighted by Crippen LogP contribution is -2.52. The predicted molar refractivity (Wildman–Crippen MR) is 82.7 cm³/mol. The zero-order valence-electron chi connectivity index (χ0n) is 11.7. The summed E-state index contributed by atoms with van der Waals surface area (Å²) in [5, 5.41) is 3.94. The molecule has 4 rings (SSSR count). The van der Waals surface area contributed by atoms with Gasteiger partial charge in [0.1, 0.15) is 10.6 Å². The molecule has 0 radical (unpaired) electrons.